The van der Waals surface area contributed by atoms with Gasteiger partial charge >= 0.3 is 0 Å². The van der Waals surface area contributed by atoms with Crippen molar-refractivity contribution in [3.8, 4) is 17.2 Å². The molecule has 0 amide bonds. The fourth-order valence-electron chi connectivity index (χ4n) is 2.82. The van der Waals surface area contributed by atoms with Crippen molar-refractivity contribution in [1.82, 2.24) is 0 Å². The van der Waals surface area contributed by atoms with Gasteiger partial charge in [-0.1, -0.05) is 41.5 Å². The fraction of sp³-hybridized carbons (Fsp3) is 0.217. The molecule has 182 valence electrons. The maximum absolute atomic E-state index is 12.7. The summed E-state index contributed by atoms with van der Waals surface area (Å²) in [6.45, 7) is 2.31. The molecular formula is C23H24O9S2. The van der Waals surface area contributed by atoms with Gasteiger partial charge in [0.05, 0.1) is 16.4 Å². The minimum absolute atomic E-state index is 0.113. The van der Waals surface area contributed by atoms with Gasteiger partial charge in [-0.2, -0.15) is 16.8 Å². The number of ether oxygens (including phenoxy) is 1. The molecule has 0 heterocycles. The molecule has 0 unspecified atom stereocenters. The van der Waals surface area contributed by atoms with E-state index in [0.717, 1.165) is 11.1 Å². The Morgan fingerprint density at radius 2 is 1.18 bits per heavy atom. The molecule has 0 bridgehead atoms. The molecule has 0 aliphatic carbocycles. The van der Waals surface area contributed by atoms with Gasteiger partial charge in [-0.3, -0.25) is 8.37 Å². The van der Waals surface area contributed by atoms with Crippen LogP contribution < -0.4 is 4.74 Å². The summed E-state index contributed by atoms with van der Waals surface area (Å²) in [7, 11) is -8.55. The largest absolute Gasteiger partial charge is 0.504 e. The Kier molecular flexibility index (Phi) is 7.82. The molecule has 9 nitrogen and oxygen atoms in total. The number of para-hydroxylation sites is 1. The monoisotopic (exact) mass is 508 g/mol. The Morgan fingerprint density at radius 1 is 0.706 bits per heavy atom. The summed E-state index contributed by atoms with van der Waals surface area (Å²) in [5.74, 6) is -1.10. The van der Waals surface area contributed by atoms with Crippen LogP contribution in [0.4, 0.5) is 0 Å². The number of phenolic OH excluding ortho intramolecular Hbond substituents is 2. The highest BCUT2D eigenvalue weighted by Gasteiger charge is 2.26. The molecule has 0 saturated carbocycles. The van der Waals surface area contributed by atoms with E-state index < -0.39 is 51.1 Å². The van der Waals surface area contributed by atoms with E-state index in [4.69, 9.17) is 13.1 Å². The van der Waals surface area contributed by atoms with Crippen LogP contribution in [0.15, 0.2) is 76.5 Å². The van der Waals surface area contributed by atoms with Crippen molar-refractivity contribution in [3.63, 3.8) is 0 Å². The maximum atomic E-state index is 12.7. The number of rotatable bonds is 10. The Morgan fingerprint density at radius 3 is 1.68 bits per heavy atom. The van der Waals surface area contributed by atoms with Crippen molar-refractivity contribution in [3.05, 3.63) is 77.9 Å². The van der Waals surface area contributed by atoms with E-state index in [1.54, 1.807) is 38.1 Å². The zero-order valence-corrected chi connectivity index (χ0v) is 20.0. The van der Waals surface area contributed by atoms with Crippen molar-refractivity contribution >= 4 is 20.2 Å². The number of phenols is 2. The molecule has 1 atom stereocenters. The summed E-state index contributed by atoms with van der Waals surface area (Å²) >= 11 is 0. The van der Waals surface area contributed by atoms with Crippen molar-refractivity contribution in [1.29, 1.82) is 0 Å². The van der Waals surface area contributed by atoms with Gasteiger partial charge in [-0.25, -0.2) is 0 Å². The molecule has 0 aliphatic heterocycles. The zero-order valence-electron chi connectivity index (χ0n) is 18.4. The summed E-state index contributed by atoms with van der Waals surface area (Å²) < 4.78 is 66.2. The van der Waals surface area contributed by atoms with Gasteiger partial charge in [-0.05, 0) is 50.2 Å². The molecule has 0 fully saturated rings. The molecule has 0 radical (unpaired) electrons. The lowest BCUT2D eigenvalue weighted by Gasteiger charge is -2.19. The highest BCUT2D eigenvalue weighted by Crippen LogP contribution is 2.35. The predicted octanol–water partition coefficient (Wildman–Crippen LogP) is 3.27. The molecule has 0 aliphatic rings. The van der Waals surface area contributed by atoms with Gasteiger partial charge in [0, 0.05) is 0 Å². The molecule has 11 heteroatoms. The Bertz CT molecular complexity index is 1310. The van der Waals surface area contributed by atoms with Crippen molar-refractivity contribution in [2.75, 3.05) is 13.2 Å². The van der Waals surface area contributed by atoms with Crippen LogP contribution in [0.25, 0.3) is 0 Å². The maximum Gasteiger partial charge on any atom is 0.297 e. The predicted molar refractivity (Wildman–Crippen MR) is 123 cm³/mol. The lowest BCUT2D eigenvalue weighted by atomic mass is 10.2. The standard InChI is InChI=1S/C23H24O9S2/c1-16-6-10-19(11-7-16)33(26,27)31-15-18(14-30-23-21(24)4-3-5-22(23)25)32-34(28,29)20-12-8-17(2)9-13-20/h3-13,18,24-25H,14-15H2,1-2H3/t18-/m0/s1. The number of aryl methyl sites for hydroxylation is 2. The van der Waals surface area contributed by atoms with E-state index in [1.807, 2.05) is 0 Å². The molecular weight excluding hydrogens is 484 g/mol. The Hall–Kier alpha value is -3.12. The smallest absolute Gasteiger partial charge is 0.297 e. The van der Waals surface area contributed by atoms with Crippen LogP contribution in [-0.2, 0) is 28.6 Å². The third-order valence-corrected chi connectivity index (χ3v) is 7.35. The summed E-state index contributed by atoms with van der Waals surface area (Å²) in [5, 5.41) is 19.8. The summed E-state index contributed by atoms with van der Waals surface area (Å²) in [4.78, 5) is -0.257. The van der Waals surface area contributed by atoms with E-state index >= 15 is 0 Å². The first-order valence-electron chi connectivity index (χ1n) is 10.1. The molecule has 3 aromatic carbocycles. The second-order valence-corrected chi connectivity index (χ2v) is 10.7. The summed E-state index contributed by atoms with van der Waals surface area (Å²) in [6.07, 6.45) is -1.44. The third-order valence-electron chi connectivity index (χ3n) is 4.68. The van der Waals surface area contributed by atoms with E-state index in [9.17, 15) is 27.0 Å². The van der Waals surface area contributed by atoms with E-state index in [1.165, 1.54) is 42.5 Å². The summed E-state index contributed by atoms with van der Waals surface area (Å²) in [5.41, 5.74) is 1.68. The molecule has 3 aromatic rings. The van der Waals surface area contributed by atoms with Gasteiger partial charge < -0.3 is 14.9 Å². The van der Waals surface area contributed by atoms with Crippen molar-refractivity contribution in [2.45, 2.75) is 29.7 Å². The van der Waals surface area contributed by atoms with Crippen LogP contribution in [0, 0.1) is 13.8 Å². The van der Waals surface area contributed by atoms with Gasteiger partial charge in [-0.15, -0.1) is 0 Å². The fourth-order valence-corrected chi connectivity index (χ4v) is 4.81. The van der Waals surface area contributed by atoms with Gasteiger partial charge in [0.25, 0.3) is 20.2 Å². The van der Waals surface area contributed by atoms with Crippen LogP contribution in [-0.4, -0.2) is 46.4 Å². The quantitative estimate of drug-likeness (QED) is 0.395. The topological polar surface area (TPSA) is 136 Å². The number of hydrogen-bond acceptors (Lipinski definition) is 9. The van der Waals surface area contributed by atoms with E-state index in [0.29, 0.717) is 0 Å². The van der Waals surface area contributed by atoms with Crippen LogP contribution in [0.1, 0.15) is 11.1 Å². The molecule has 0 spiro atoms. The average molecular weight is 509 g/mol. The first-order chi connectivity index (χ1) is 16.0. The zero-order chi connectivity index (χ0) is 24.9. The minimum Gasteiger partial charge on any atom is -0.504 e. The lowest BCUT2D eigenvalue weighted by Crippen LogP contribution is -2.31. The second kappa shape index (κ2) is 10.4. The molecule has 2 N–H and O–H groups in total. The molecule has 0 saturated heterocycles. The van der Waals surface area contributed by atoms with Crippen LogP contribution >= 0.6 is 0 Å². The Labute approximate surface area is 198 Å². The third kappa shape index (κ3) is 6.48. The molecule has 0 aromatic heterocycles. The first kappa shape index (κ1) is 25.5. The van der Waals surface area contributed by atoms with Crippen molar-refractivity contribution < 1.29 is 40.2 Å². The number of benzene rings is 3. The van der Waals surface area contributed by atoms with Crippen LogP contribution in [0.2, 0.25) is 0 Å². The molecule has 34 heavy (non-hydrogen) atoms. The minimum atomic E-state index is -4.32. The average Bonchev–Trinajstić information content (AvgIpc) is 2.77. The molecule has 3 rings (SSSR count). The Balaban J connectivity index is 1.82. The second-order valence-electron chi connectivity index (χ2n) is 7.47. The van der Waals surface area contributed by atoms with Crippen molar-refractivity contribution in [2.24, 2.45) is 0 Å². The highest BCUT2D eigenvalue weighted by atomic mass is 32.2. The number of hydrogen-bond donors (Lipinski definition) is 2. The van der Waals surface area contributed by atoms with Gasteiger partial charge in [0.2, 0.25) is 5.75 Å². The highest BCUT2D eigenvalue weighted by molar-refractivity contribution is 7.87. The first-order valence-corrected chi connectivity index (χ1v) is 12.9. The summed E-state index contributed by atoms with van der Waals surface area (Å²) in [6, 6.07) is 15.7. The van der Waals surface area contributed by atoms with Gasteiger partial charge in [0.1, 0.15) is 12.7 Å². The van der Waals surface area contributed by atoms with Crippen LogP contribution in [0.5, 0.6) is 17.2 Å². The normalized spacial score (nSPS) is 12.9. The SMILES string of the molecule is Cc1ccc(S(=O)(=O)OC[C@H](COc2c(O)cccc2O)OS(=O)(=O)c2ccc(C)cc2)cc1. The number of aromatic hydroxyl groups is 2. The van der Waals surface area contributed by atoms with E-state index in [-0.39, 0.29) is 15.5 Å². The van der Waals surface area contributed by atoms with E-state index in [2.05, 4.69) is 0 Å². The van der Waals surface area contributed by atoms with Gasteiger partial charge in [0.15, 0.2) is 11.5 Å². The lowest BCUT2D eigenvalue weighted by molar-refractivity contribution is 0.0860. The van der Waals surface area contributed by atoms with Crippen LogP contribution in [0.3, 0.4) is 0 Å².